The molecular formula is C16H10F3N3O2S. The molecule has 3 aromatic rings. The molecule has 9 heteroatoms. The number of anilines is 1. The standard InChI is InChI=1S/C16H10F3N3O2S/c17-16(18,19)15-21-14(22-24-15)9-5-6-10-8-20-11-3-1-2-4-12(11)25(23)13(10)7-9/h1-7,20H,8H2. The van der Waals surface area contributed by atoms with Gasteiger partial charge in [0.25, 0.3) is 0 Å². The minimum Gasteiger partial charge on any atom is -0.380 e. The normalized spacial score (nSPS) is 16.5. The average Bonchev–Trinajstić information content (AvgIpc) is 3.05. The molecule has 0 fully saturated rings. The van der Waals surface area contributed by atoms with Crippen molar-refractivity contribution in [2.24, 2.45) is 0 Å². The third-order valence-electron chi connectivity index (χ3n) is 3.75. The molecule has 1 aliphatic heterocycles. The maximum atomic E-state index is 12.9. The van der Waals surface area contributed by atoms with E-state index in [0.29, 0.717) is 21.9 Å². The molecule has 0 spiro atoms. The van der Waals surface area contributed by atoms with Crippen LogP contribution in [0.4, 0.5) is 18.9 Å². The van der Waals surface area contributed by atoms with Crippen LogP contribution in [0.1, 0.15) is 11.5 Å². The van der Waals surface area contributed by atoms with Crippen LogP contribution in [0.3, 0.4) is 0 Å². The molecule has 0 aliphatic carbocycles. The Morgan fingerprint density at radius 2 is 1.92 bits per heavy atom. The van der Waals surface area contributed by atoms with Crippen LogP contribution >= 0.6 is 0 Å². The first kappa shape index (κ1) is 15.8. The maximum Gasteiger partial charge on any atom is 0.471 e. The van der Waals surface area contributed by atoms with Crippen LogP contribution in [-0.2, 0) is 23.5 Å². The summed E-state index contributed by atoms with van der Waals surface area (Å²) in [5.74, 6) is -1.61. The molecule has 1 atom stereocenters. The van der Waals surface area contributed by atoms with Gasteiger partial charge in [0, 0.05) is 17.0 Å². The van der Waals surface area contributed by atoms with Gasteiger partial charge in [-0.2, -0.15) is 18.2 Å². The van der Waals surface area contributed by atoms with Gasteiger partial charge in [-0.25, -0.2) is 4.21 Å². The molecule has 128 valence electrons. The first-order chi connectivity index (χ1) is 11.9. The van der Waals surface area contributed by atoms with Gasteiger partial charge < -0.3 is 9.84 Å². The first-order valence-corrected chi connectivity index (χ1v) is 8.37. The van der Waals surface area contributed by atoms with Crippen LogP contribution < -0.4 is 5.32 Å². The molecule has 2 heterocycles. The fourth-order valence-electron chi connectivity index (χ4n) is 2.55. The van der Waals surface area contributed by atoms with Crippen molar-refractivity contribution >= 4 is 16.5 Å². The van der Waals surface area contributed by atoms with Crippen molar-refractivity contribution in [3.8, 4) is 11.4 Å². The van der Waals surface area contributed by atoms with Crippen LogP contribution in [0, 0.1) is 0 Å². The Kier molecular flexibility index (Phi) is 3.60. The second-order valence-corrected chi connectivity index (χ2v) is 6.78. The zero-order valence-electron chi connectivity index (χ0n) is 12.5. The van der Waals surface area contributed by atoms with E-state index in [1.165, 1.54) is 0 Å². The van der Waals surface area contributed by atoms with Crippen LogP contribution in [0.5, 0.6) is 0 Å². The molecule has 1 unspecified atom stereocenters. The lowest BCUT2D eigenvalue weighted by molar-refractivity contribution is -0.159. The largest absolute Gasteiger partial charge is 0.471 e. The predicted molar refractivity (Wildman–Crippen MR) is 83.2 cm³/mol. The van der Waals surface area contributed by atoms with Crippen LogP contribution in [-0.4, -0.2) is 14.3 Å². The van der Waals surface area contributed by atoms with Crippen LogP contribution in [0.25, 0.3) is 11.4 Å². The lowest BCUT2D eigenvalue weighted by Gasteiger charge is -2.06. The third-order valence-corrected chi connectivity index (χ3v) is 5.28. The zero-order valence-corrected chi connectivity index (χ0v) is 13.3. The molecule has 0 bridgehead atoms. The molecule has 1 N–H and O–H groups in total. The summed E-state index contributed by atoms with van der Waals surface area (Å²) < 4.78 is 55.0. The van der Waals surface area contributed by atoms with Crippen LogP contribution in [0.2, 0.25) is 0 Å². The Hall–Kier alpha value is -2.68. The number of alkyl halides is 3. The molecule has 0 saturated carbocycles. The van der Waals surface area contributed by atoms with E-state index >= 15 is 0 Å². The molecule has 0 amide bonds. The van der Waals surface area contributed by atoms with Gasteiger partial charge in [-0.1, -0.05) is 29.4 Å². The van der Waals surface area contributed by atoms with Crippen molar-refractivity contribution in [1.82, 2.24) is 10.1 Å². The van der Waals surface area contributed by atoms with E-state index in [2.05, 4.69) is 20.0 Å². The third kappa shape index (κ3) is 2.80. The number of aromatic nitrogens is 2. The van der Waals surface area contributed by atoms with Gasteiger partial charge in [-0.05, 0) is 23.8 Å². The highest BCUT2D eigenvalue weighted by Crippen LogP contribution is 2.34. The van der Waals surface area contributed by atoms with Crippen molar-refractivity contribution in [1.29, 1.82) is 0 Å². The smallest absolute Gasteiger partial charge is 0.380 e. The SMILES string of the molecule is O=S1c2cc(-c3noc(C(F)(F)F)n3)ccc2CNc2ccccc21. The van der Waals surface area contributed by atoms with Crippen molar-refractivity contribution < 1.29 is 21.9 Å². The van der Waals surface area contributed by atoms with Gasteiger partial charge in [0.05, 0.1) is 21.4 Å². The summed E-state index contributed by atoms with van der Waals surface area (Å²) in [6.45, 7) is 0.457. The summed E-state index contributed by atoms with van der Waals surface area (Å²) >= 11 is 0. The van der Waals surface area contributed by atoms with E-state index in [-0.39, 0.29) is 5.82 Å². The number of hydrogen-bond acceptors (Lipinski definition) is 5. The minimum atomic E-state index is -4.71. The Balaban J connectivity index is 1.78. The van der Waals surface area contributed by atoms with E-state index in [9.17, 15) is 17.4 Å². The minimum absolute atomic E-state index is 0.197. The van der Waals surface area contributed by atoms with Gasteiger partial charge in [0.2, 0.25) is 5.82 Å². The fourth-order valence-corrected chi connectivity index (χ4v) is 3.94. The molecule has 1 aliphatic rings. The molecule has 1 aromatic heterocycles. The molecule has 0 saturated heterocycles. The average molecular weight is 365 g/mol. The monoisotopic (exact) mass is 365 g/mol. The lowest BCUT2D eigenvalue weighted by Crippen LogP contribution is -2.05. The van der Waals surface area contributed by atoms with E-state index < -0.39 is 22.9 Å². The van der Waals surface area contributed by atoms with E-state index in [0.717, 1.165) is 11.3 Å². The quantitative estimate of drug-likeness (QED) is 0.710. The highest BCUT2D eigenvalue weighted by atomic mass is 32.2. The summed E-state index contributed by atoms with van der Waals surface area (Å²) in [7, 11) is -1.47. The summed E-state index contributed by atoms with van der Waals surface area (Å²) in [6, 6.07) is 12.0. The second kappa shape index (κ2) is 5.69. The molecule has 2 aromatic carbocycles. The second-order valence-electron chi connectivity index (χ2n) is 5.36. The van der Waals surface area contributed by atoms with Gasteiger partial charge in [0.1, 0.15) is 0 Å². The summed E-state index contributed by atoms with van der Waals surface area (Å²) in [6.07, 6.45) is -4.71. The summed E-state index contributed by atoms with van der Waals surface area (Å²) in [5, 5.41) is 6.58. The number of rotatable bonds is 1. The first-order valence-electron chi connectivity index (χ1n) is 7.22. The number of para-hydroxylation sites is 1. The Labute approximate surface area is 142 Å². The molecule has 0 radical (unpaired) electrons. The van der Waals surface area contributed by atoms with Crippen LogP contribution in [0.15, 0.2) is 56.8 Å². The number of nitrogens with zero attached hydrogens (tertiary/aromatic N) is 2. The van der Waals surface area contributed by atoms with Gasteiger partial charge in [-0.15, -0.1) is 0 Å². The van der Waals surface area contributed by atoms with E-state index in [1.807, 2.05) is 12.1 Å². The number of nitrogens with one attached hydrogen (secondary N) is 1. The Morgan fingerprint density at radius 1 is 1.12 bits per heavy atom. The number of benzene rings is 2. The summed E-state index contributed by atoms with van der Waals surface area (Å²) in [5.41, 5.74) is 1.86. The Bertz CT molecular complexity index is 985. The van der Waals surface area contributed by atoms with Crippen molar-refractivity contribution in [3.63, 3.8) is 0 Å². The molecular weight excluding hydrogens is 355 g/mol. The fraction of sp³-hybridized carbons (Fsp3) is 0.125. The Morgan fingerprint density at radius 3 is 2.68 bits per heavy atom. The van der Waals surface area contributed by atoms with Crippen molar-refractivity contribution in [2.75, 3.05) is 5.32 Å². The zero-order chi connectivity index (χ0) is 17.6. The number of halogens is 3. The lowest BCUT2D eigenvalue weighted by atomic mass is 10.1. The van der Waals surface area contributed by atoms with E-state index in [4.69, 9.17) is 0 Å². The molecule has 5 nitrogen and oxygen atoms in total. The van der Waals surface area contributed by atoms with Crippen molar-refractivity contribution in [2.45, 2.75) is 22.5 Å². The predicted octanol–water partition coefficient (Wildman–Crippen LogP) is 3.85. The van der Waals surface area contributed by atoms with Gasteiger partial charge in [0.15, 0.2) is 0 Å². The summed E-state index contributed by atoms with van der Waals surface area (Å²) in [4.78, 5) is 4.50. The van der Waals surface area contributed by atoms with Gasteiger partial charge >= 0.3 is 12.1 Å². The van der Waals surface area contributed by atoms with E-state index in [1.54, 1.807) is 30.3 Å². The molecule has 25 heavy (non-hydrogen) atoms. The molecule has 4 rings (SSSR count). The van der Waals surface area contributed by atoms with Crippen molar-refractivity contribution in [3.05, 3.63) is 53.9 Å². The van der Waals surface area contributed by atoms with Gasteiger partial charge in [-0.3, -0.25) is 0 Å². The maximum absolute atomic E-state index is 12.9. The highest BCUT2D eigenvalue weighted by Gasteiger charge is 2.38. The number of hydrogen-bond donors (Lipinski definition) is 1. The topological polar surface area (TPSA) is 68.0 Å². The number of fused-ring (bicyclic) bond motifs is 2. The highest BCUT2D eigenvalue weighted by molar-refractivity contribution is 7.85.